The second-order valence-electron chi connectivity index (χ2n) is 8.46. The molecule has 1 aromatic carbocycles. The zero-order chi connectivity index (χ0) is 19.2. The van der Waals surface area contributed by atoms with Gasteiger partial charge in [0, 0.05) is 37.4 Å². The quantitative estimate of drug-likeness (QED) is 0.801. The van der Waals surface area contributed by atoms with E-state index in [0.717, 1.165) is 18.4 Å². The van der Waals surface area contributed by atoms with Crippen LogP contribution in [0.5, 0.6) is 0 Å². The molecule has 0 unspecified atom stereocenters. The smallest absolute Gasteiger partial charge is 0.222 e. The summed E-state index contributed by atoms with van der Waals surface area (Å²) in [7, 11) is -3.39. The van der Waals surface area contributed by atoms with Crippen LogP contribution in [0.1, 0.15) is 32.3 Å². The third kappa shape index (κ3) is 3.41. The Bertz CT molecular complexity index is 811. The van der Waals surface area contributed by atoms with E-state index in [4.69, 9.17) is 4.74 Å². The van der Waals surface area contributed by atoms with E-state index < -0.39 is 10.0 Å². The summed E-state index contributed by atoms with van der Waals surface area (Å²) < 4.78 is 33.9. The third-order valence-electron chi connectivity index (χ3n) is 6.37. The summed E-state index contributed by atoms with van der Waals surface area (Å²) in [6.45, 7) is 5.26. The number of fused-ring (bicyclic) bond motifs is 1. The zero-order valence-electron chi connectivity index (χ0n) is 15.9. The number of nitrogens with one attached hydrogen (secondary N) is 1. The van der Waals surface area contributed by atoms with Gasteiger partial charge >= 0.3 is 0 Å². The maximum absolute atomic E-state index is 13.0. The van der Waals surface area contributed by atoms with Crippen LogP contribution >= 0.6 is 0 Å². The summed E-state index contributed by atoms with van der Waals surface area (Å²) in [4.78, 5) is 12.0. The average Bonchev–Trinajstić information content (AvgIpc) is 3.28. The van der Waals surface area contributed by atoms with Crippen molar-refractivity contribution in [3.05, 3.63) is 35.9 Å². The molecule has 3 aliphatic rings. The molecule has 1 N–H and O–H groups in total. The molecule has 3 fully saturated rings. The fraction of sp³-hybridized carbons (Fsp3) is 0.650. The third-order valence-corrected chi connectivity index (χ3v) is 8.14. The predicted molar refractivity (Wildman–Crippen MR) is 102 cm³/mol. The number of nitrogens with zero attached hydrogens (tertiary/aromatic N) is 1. The number of carbonyl (C=O) groups is 1. The summed E-state index contributed by atoms with van der Waals surface area (Å²) in [6.07, 6.45) is 2.00. The van der Waals surface area contributed by atoms with Crippen LogP contribution in [0.15, 0.2) is 30.3 Å². The van der Waals surface area contributed by atoms with Crippen molar-refractivity contribution in [1.82, 2.24) is 9.62 Å². The van der Waals surface area contributed by atoms with Gasteiger partial charge in [-0.1, -0.05) is 44.2 Å². The van der Waals surface area contributed by atoms with E-state index in [-0.39, 0.29) is 41.1 Å². The Labute approximate surface area is 161 Å². The lowest BCUT2D eigenvalue weighted by Crippen LogP contribution is -2.42. The van der Waals surface area contributed by atoms with Crippen LogP contribution in [0.2, 0.25) is 0 Å². The Morgan fingerprint density at radius 1 is 1.33 bits per heavy atom. The summed E-state index contributed by atoms with van der Waals surface area (Å²) in [5.41, 5.74) is 0.444. The highest BCUT2D eigenvalue weighted by molar-refractivity contribution is 7.88. The first-order valence-corrected chi connectivity index (χ1v) is 11.4. The van der Waals surface area contributed by atoms with Crippen LogP contribution in [0, 0.1) is 17.8 Å². The predicted octanol–water partition coefficient (Wildman–Crippen LogP) is 1.77. The second-order valence-corrected chi connectivity index (χ2v) is 10.4. The molecular formula is C20H28N2O4S. The van der Waals surface area contributed by atoms with Crippen molar-refractivity contribution in [2.75, 3.05) is 19.6 Å². The molecule has 0 aromatic heterocycles. The first kappa shape index (κ1) is 18.9. The van der Waals surface area contributed by atoms with Gasteiger partial charge in [-0.2, -0.15) is 4.31 Å². The highest BCUT2D eigenvalue weighted by Gasteiger charge is 2.64. The molecule has 1 spiro atoms. The van der Waals surface area contributed by atoms with E-state index in [1.165, 1.54) is 0 Å². The van der Waals surface area contributed by atoms with Crippen LogP contribution in [-0.4, -0.2) is 50.0 Å². The molecule has 0 radical (unpaired) electrons. The Kier molecular flexibility index (Phi) is 4.81. The standard InChI is InChI=1S/C20H28N2O4S/c1-14(2)19(23)21-10-16-17-11-22(13-20(17)9-8-18(16)26-20)27(24,25)12-15-6-4-3-5-7-15/h3-7,14,16-18H,8-13H2,1-2H3,(H,21,23)/t16-,17+,18+,20+/m0/s1. The molecule has 3 aliphatic heterocycles. The minimum Gasteiger partial charge on any atom is -0.370 e. The Morgan fingerprint density at radius 2 is 2.07 bits per heavy atom. The van der Waals surface area contributed by atoms with Gasteiger partial charge in [0.2, 0.25) is 15.9 Å². The van der Waals surface area contributed by atoms with Gasteiger partial charge in [0.05, 0.1) is 17.5 Å². The Balaban J connectivity index is 1.47. The van der Waals surface area contributed by atoms with E-state index in [0.29, 0.717) is 19.6 Å². The number of rotatable bonds is 6. The molecular weight excluding hydrogens is 364 g/mol. The van der Waals surface area contributed by atoms with Crippen LogP contribution < -0.4 is 5.32 Å². The van der Waals surface area contributed by atoms with Gasteiger partial charge in [-0.15, -0.1) is 0 Å². The number of benzene rings is 1. The topological polar surface area (TPSA) is 75.7 Å². The minimum absolute atomic E-state index is 0.0226. The van der Waals surface area contributed by atoms with E-state index in [2.05, 4.69) is 5.32 Å². The number of ether oxygens (including phenoxy) is 1. The largest absolute Gasteiger partial charge is 0.370 e. The molecule has 27 heavy (non-hydrogen) atoms. The molecule has 4 rings (SSSR count). The highest BCUT2D eigenvalue weighted by atomic mass is 32.2. The number of amides is 1. The molecule has 4 atom stereocenters. The van der Waals surface area contributed by atoms with Gasteiger partial charge in [0.15, 0.2) is 0 Å². The Morgan fingerprint density at radius 3 is 2.78 bits per heavy atom. The summed E-state index contributed by atoms with van der Waals surface area (Å²) in [5.74, 6) is 0.366. The number of sulfonamides is 1. The molecule has 3 saturated heterocycles. The van der Waals surface area contributed by atoms with Gasteiger partial charge in [-0.05, 0) is 18.4 Å². The second kappa shape index (κ2) is 6.87. The molecule has 3 heterocycles. The number of hydrogen-bond donors (Lipinski definition) is 1. The van der Waals surface area contributed by atoms with Crippen LogP contribution in [0.3, 0.4) is 0 Å². The van der Waals surface area contributed by atoms with E-state index in [1.54, 1.807) is 4.31 Å². The van der Waals surface area contributed by atoms with Gasteiger partial charge in [0.25, 0.3) is 0 Å². The fourth-order valence-electron chi connectivity index (χ4n) is 4.93. The molecule has 0 aliphatic carbocycles. The van der Waals surface area contributed by atoms with E-state index >= 15 is 0 Å². The maximum atomic E-state index is 13.0. The van der Waals surface area contributed by atoms with Gasteiger partial charge in [0.1, 0.15) is 0 Å². The molecule has 6 nitrogen and oxygen atoms in total. The van der Waals surface area contributed by atoms with E-state index in [1.807, 2.05) is 44.2 Å². The SMILES string of the molecule is CC(C)C(=O)NC[C@H]1[C@H]2CN(S(=O)(=O)Cc3ccccc3)C[C@]23CC[C@H]1O3. The van der Waals surface area contributed by atoms with Crippen molar-refractivity contribution in [3.63, 3.8) is 0 Å². The van der Waals surface area contributed by atoms with Crippen LogP contribution in [0.25, 0.3) is 0 Å². The normalized spacial score (nSPS) is 32.8. The van der Waals surface area contributed by atoms with Crippen molar-refractivity contribution in [2.24, 2.45) is 17.8 Å². The van der Waals surface area contributed by atoms with Gasteiger partial charge < -0.3 is 10.1 Å². The lowest BCUT2D eigenvalue weighted by molar-refractivity contribution is -0.124. The number of carbonyl (C=O) groups excluding carboxylic acids is 1. The molecule has 1 amide bonds. The minimum atomic E-state index is -3.39. The average molecular weight is 393 g/mol. The van der Waals surface area contributed by atoms with Crippen molar-refractivity contribution in [3.8, 4) is 0 Å². The fourth-order valence-corrected chi connectivity index (χ4v) is 6.53. The summed E-state index contributed by atoms with van der Waals surface area (Å²) in [6, 6.07) is 9.30. The van der Waals surface area contributed by atoms with Crippen molar-refractivity contribution in [2.45, 2.75) is 44.1 Å². The molecule has 7 heteroatoms. The lowest BCUT2D eigenvalue weighted by Gasteiger charge is -2.29. The molecule has 1 aromatic rings. The van der Waals surface area contributed by atoms with Crippen LogP contribution in [-0.2, 0) is 25.3 Å². The Hall–Kier alpha value is -1.44. The molecule has 0 saturated carbocycles. The first-order chi connectivity index (χ1) is 12.8. The lowest BCUT2D eigenvalue weighted by atomic mass is 9.73. The highest BCUT2D eigenvalue weighted by Crippen LogP contribution is 2.55. The zero-order valence-corrected chi connectivity index (χ0v) is 16.7. The monoisotopic (exact) mass is 392 g/mol. The van der Waals surface area contributed by atoms with Gasteiger partial charge in [-0.3, -0.25) is 4.79 Å². The van der Waals surface area contributed by atoms with Crippen molar-refractivity contribution < 1.29 is 17.9 Å². The molecule has 2 bridgehead atoms. The molecule has 148 valence electrons. The maximum Gasteiger partial charge on any atom is 0.222 e. The van der Waals surface area contributed by atoms with Crippen molar-refractivity contribution in [1.29, 1.82) is 0 Å². The van der Waals surface area contributed by atoms with Crippen LogP contribution in [0.4, 0.5) is 0 Å². The van der Waals surface area contributed by atoms with E-state index in [9.17, 15) is 13.2 Å². The summed E-state index contributed by atoms with van der Waals surface area (Å²) in [5, 5.41) is 3.02. The van der Waals surface area contributed by atoms with Crippen molar-refractivity contribution >= 4 is 15.9 Å². The summed E-state index contributed by atoms with van der Waals surface area (Å²) >= 11 is 0. The van der Waals surface area contributed by atoms with Gasteiger partial charge in [-0.25, -0.2) is 8.42 Å². The first-order valence-electron chi connectivity index (χ1n) is 9.78. The number of hydrogen-bond acceptors (Lipinski definition) is 4.